The zero-order chi connectivity index (χ0) is 13.7. The number of aliphatic carboxylic acids is 1. The molecule has 98 valence electrons. The van der Waals surface area contributed by atoms with Crippen LogP contribution in [-0.2, 0) is 9.59 Å². The third kappa shape index (κ3) is 3.88. The lowest BCUT2D eigenvalue weighted by atomic mass is 10.3. The fourth-order valence-electron chi connectivity index (χ4n) is 1.34. The van der Waals surface area contributed by atoms with Crippen LogP contribution in [0.2, 0.25) is 0 Å². The maximum absolute atomic E-state index is 11.4. The molecule has 1 aliphatic heterocycles. The van der Waals surface area contributed by atoms with E-state index < -0.39 is 11.2 Å². The highest BCUT2D eigenvalue weighted by Gasteiger charge is 2.32. The minimum absolute atomic E-state index is 0.233. The third-order valence-corrected chi connectivity index (χ3v) is 3.27. The summed E-state index contributed by atoms with van der Waals surface area (Å²) in [5.74, 6) is -1.38. The average molecular weight is 278 g/mol. The quantitative estimate of drug-likeness (QED) is 0.615. The molecule has 7 nitrogen and oxygen atoms in total. The molecule has 0 aromatic carbocycles. The summed E-state index contributed by atoms with van der Waals surface area (Å²) in [6.45, 7) is 0. The Kier molecular flexibility index (Phi) is 4.24. The van der Waals surface area contributed by atoms with E-state index in [1.165, 1.54) is 6.21 Å². The molecule has 1 aromatic heterocycles. The van der Waals surface area contributed by atoms with E-state index in [-0.39, 0.29) is 12.3 Å². The Morgan fingerprint density at radius 3 is 2.95 bits per heavy atom. The molecule has 1 atom stereocenters. The molecule has 1 unspecified atom stereocenters. The van der Waals surface area contributed by atoms with E-state index in [2.05, 4.69) is 20.5 Å². The maximum atomic E-state index is 11.4. The van der Waals surface area contributed by atoms with Crippen molar-refractivity contribution in [2.75, 3.05) is 0 Å². The van der Waals surface area contributed by atoms with Crippen molar-refractivity contribution >= 4 is 35.0 Å². The van der Waals surface area contributed by atoms with E-state index in [1.807, 2.05) is 0 Å². The summed E-state index contributed by atoms with van der Waals surface area (Å²) in [6, 6.07) is 3.52. The van der Waals surface area contributed by atoms with Crippen molar-refractivity contribution in [3.63, 3.8) is 0 Å². The maximum Gasteiger partial charge on any atom is 0.305 e. The van der Waals surface area contributed by atoms with E-state index in [1.54, 1.807) is 24.5 Å². The van der Waals surface area contributed by atoms with Crippen molar-refractivity contribution in [3.05, 3.63) is 30.1 Å². The van der Waals surface area contributed by atoms with Crippen molar-refractivity contribution in [2.45, 2.75) is 11.7 Å². The lowest BCUT2D eigenvalue weighted by molar-refractivity contribution is -0.138. The predicted octanol–water partition coefficient (Wildman–Crippen LogP) is 0.478. The van der Waals surface area contributed by atoms with Crippen LogP contribution in [-0.4, -0.2) is 38.6 Å². The Labute approximate surface area is 112 Å². The molecule has 2 heterocycles. The van der Waals surface area contributed by atoms with E-state index in [0.717, 1.165) is 17.3 Å². The monoisotopic (exact) mass is 278 g/mol. The Morgan fingerprint density at radius 1 is 1.53 bits per heavy atom. The van der Waals surface area contributed by atoms with Crippen molar-refractivity contribution in [2.24, 2.45) is 10.2 Å². The zero-order valence-corrected chi connectivity index (χ0v) is 10.5. The van der Waals surface area contributed by atoms with Gasteiger partial charge in [-0.1, -0.05) is 11.8 Å². The van der Waals surface area contributed by atoms with Gasteiger partial charge in [-0.05, 0) is 17.7 Å². The van der Waals surface area contributed by atoms with Gasteiger partial charge < -0.3 is 10.4 Å². The van der Waals surface area contributed by atoms with Crippen molar-refractivity contribution in [1.82, 2.24) is 10.3 Å². The molecule has 1 saturated heterocycles. The highest BCUT2D eigenvalue weighted by Crippen LogP contribution is 2.22. The van der Waals surface area contributed by atoms with Gasteiger partial charge in [0.05, 0.1) is 12.6 Å². The van der Waals surface area contributed by atoms with Gasteiger partial charge in [0.2, 0.25) is 5.91 Å². The first kappa shape index (κ1) is 13.2. The number of amidine groups is 1. The Hall–Kier alpha value is -2.22. The van der Waals surface area contributed by atoms with Crippen LogP contribution < -0.4 is 5.32 Å². The first-order chi connectivity index (χ1) is 9.15. The van der Waals surface area contributed by atoms with Crippen LogP contribution in [0.1, 0.15) is 12.0 Å². The Bertz CT molecular complexity index is 544. The van der Waals surface area contributed by atoms with Gasteiger partial charge in [-0.2, -0.15) is 5.10 Å². The smallest absolute Gasteiger partial charge is 0.305 e. The lowest BCUT2D eigenvalue weighted by Crippen LogP contribution is -2.26. The van der Waals surface area contributed by atoms with Gasteiger partial charge in [0.1, 0.15) is 5.25 Å². The summed E-state index contributed by atoms with van der Waals surface area (Å²) in [5.41, 5.74) is 0.829. The number of thioether (sulfide) groups is 1. The topological polar surface area (TPSA) is 104 Å². The fraction of sp³-hybridized carbons (Fsp3) is 0.182. The Morgan fingerprint density at radius 2 is 2.26 bits per heavy atom. The van der Waals surface area contributed by atoms with Crippen LogP contribution in [0.5, 0.6) is 0 Å². The minimum Gasteiger partial charge on any atom is -0.481 e. The number of amides is 1. The zero-order valence-electron chi connectivity index (χ0n) is 9.68. The third-order valence-electron chi connectivity index (χ3n) is 2.20. The average Bonchev–Trinajstić information content (AvgIpc) is 2.70. The number of carbonyl (C=O) groups excluding carboxylic acids is 1. The molecule has 19 heavy (non-hydrogen) atoms. The number of pyridine rings is 1. The van der Waals surface area contributed by atoms with Crippen molar-refractivity contribution < 1.29 is 14.7 Å². The number of carbonyl (C=O) groups is 2. The number of hydrogen-bond donors (Lipinski definition) is 2. The molecule has 1 aromatic rings. The second-order valence-corrected chi connectivity index (χ2v) is 4.82. The lowest BCUT2D eigenvalue weighted by Gasteiger charge is -1.97. The SMILES string of the molecule is O=C(O)CC1S/C(=N/N=C/c2ccncc2)NC1=O. The number of aromatic nitrogens is 1. The number of rotatable bonds is 4. The molecule has 0 aliphatic carbocycles. The van der Waals surface area contributed by atoms with Crippen LogP contribution in [0, 0.1) is 0 Å². The normalized spacial score (nSPS) is 20.9. The van der Waals surface area contributed by atoms with Gasteiger partial charge in [0.25, 0.3) is 0 Å². The molecule has 0 bridgehead atoms. The van der Waals surface area contributed by atoms with Gasteiger partial charge in [-0.25, -0.2) is 0 Å². The molecule has 0 saturated carbocycles. The number of nitrogens with one attached hydrogen (secondary N) is 1. The number of carboxylic acid groups (broad SMARTS) is 1. The van der Waals surface area contributed by atoms with Crippen LogP contribution in [0.25, 0.3) is 0 Å². The summed E-state index contributed by atoms with van der Waals surface area (Å²) in [7, 11) is 0. The fourth-order valence-corrected chi connectivity index (χ4v) is 2.26. The number of nitrogens with zero attached hydrogens (tertiary/aromatic N) is 3. The van der Waals surface area contributed by atoms with E-state index in [4.69, 9.17) is 5.11 Å². The standard InChI is InChI=1S/C11H10N4O3S/c16-9(17)5-8-10(18)14-11(19-8)15-13-6-7-1-3-12-4-2-7/h1-4,6,8H,5H2,(H,16,17)(H,14,15,18)/b13-6+. The predicted molar refractivity (Wildman–Crippen MR) is 71.0 cm³/mol. The highest BCUT2D eigenvalue weighted by atomic mass is 32.2. The summed E-state index contributed by atoms with van der Waals surface area (Å²) in [6.07, 6.45) is 4.54. The van der Waals surface area contributed by atoms with E-state index in [9.17, 15) is 9.59 Å². The van der Waals surface area contributed by atoms with Crippen LogP contribution in [0.3, 0.4) is 0 Å². The second kappa shape index (κ2) is 6.10. The van der Waals surface area contributed by atoms with Crippen LogP contribution in [0.15, 0.2) is 34.7 Å². The van der Waals surface area contributed by atoms with Crippen LogP contribution >= 0.6 is 11.8 Å². The summed E-state index contributed by atoms with van der Waals surface area (Å²) in [4.78, 5) is 25.8. The van der Waals surface area contributed by atoms with E-state index in [0.29, 0.717) is 5.17 Å². The largest absolute Gasteiger partial charge is 0.481 e. The van der Waals surface area contributed by atoms with Gasteiger partial charge in [-0.15, -0.1) is 5.10 Å². The minimum atomic E-state index is -1.02. The number of carboxylic acids is 1. The molecule has 0 radical (unpaired) electrons. The van der Waals surface area contributed by atoms with Gasteiger partial charge in [0, 0.05) is 12.4 Å². The van der Waals surface area contributed by atoms with Gasteiger partial charge >= 0.3 is 5.97 Å². The number of hydrogen-bond acceptors (Lipinski definition) is 6. The summed E-state index contributed by atoms with van der Waals surface area (Å²) < 4.78 is 0. The van der Waals surface area contributed by atoms with Gasteiger partial charge in [-0.3, -0.25) is 14.6 Å². The Balaban J connectivity index is 1.96. The van der Waals surface area contributed by atoms with Crippen molar-refractivity contribution in [3.8, 4) is 0 Å². The molecule has 1 amide bonds. The van der Waals surface area contributed by atoms with E-state index >= 15 is 0 Å². The first-order valence-electron chi connectivity index (χ1n) is 5.35. The highest BCUT2D eigenvalue weighted by molar-refractivity contribution is 8.15. The summed E-state index contributed by atoms with van der Waals surface area (Å²) in [5, 5.41) is 18.4. The molecule has 2 N–H and O–H groups in total. The molecule has 8 heteroatoms. The summed E-state index contributed by atoms with van der Waals surface area (Å²) >= 11 is 1.06. The first-order valence-corrected chi connectivity index (χ1v) is 6.23. The molecule has 1 fully saturated rings. The molecular formula is C11H10N4O3S. The van der Waals surface area contributed by atoms with Crippen LogP contribution in [0.4, 0.5) is 0 Å². The van der Waals surface area contributed by atoms with Crippen molar-refractivity contribution in [1.29, 1.82) is 0 Å². The molecule has 1 aliphatic rings. The molecule has 2 rings (SSSR count). The van der Waals surface area contributed by atoms with Gasteiger partial charge in [0.15, 0.2) is 5.17 Å². The molecular weight excluding hydrogens is 268 g/mol. The second-order valence-electron chi connectivity index (χ2n) is 3.62. The molecule has 0 spiro atoms.